The molecule has 16 heavy (non-hydrogen) atoms. The van der Waals surface area contributed by atoms with Gasteiger partial charge in [-0.3, -0.25) is 0 Å². The predicted molar refractivity (Wildman–Crippen MR) is 70.0 cm³/mol. The van der Waals surface area contributed by atoms with E-state index in [0.717, 1.165) is 0 Å². The molecule has 1 atom stereocenters. The molecule has 1 rings (SSSR count). The van der Waals surface area contributed by atoms with Crippen molar-refractivity contribution in [3.63, 3.8) is 0 Å². The molecule has 0 spiro atoms. The fourth-order valence-electron chi connectivity index (χ4n) is 1.09. The van der Waals surface area contributed by atoms with E-state index in [0.29, 0.717) is 28.9 Å². The summed E-state index contributed by atoms with van der Waals surface area (Å²) >= 11 is 8.97. The minimum Gasteiger partial charge on any atom is -0.424 e. The first-order valence-corrected chi connectivity index (χ1v) is 8.07. The minimum absolute atomic E-state index is 0.337. The van der Waals surface area contributed by atoms with Gasteiger partial charge in [0.15, 0.2) is 0 Å². The Morgan fingerprint density at radius 3 is 2.50 bits per heavy atom. The monoisotopic (exact) mass is 326 g/mol. The lowest BCUT2D eigenvalue weighted by atomic mass is 10.3. The van der Waals surface area contributed by atoms with Gasteiger partial charge in [-0.25, -0.2) is 4.57 Å². The summed E-state index contributed by atoms with van der Waals surface area (Å²) < 4.78 is 22.7. The first kappa shape index (κ1) is 14.0. The Balaban J connectivity index is 2.75. The SMILES string of the molecule is CCO[P@@](=O)(CCBr)Oc1ccc(Cl)cc1. The fraction of sp³-hybridized carbons (Fsp3) is 0.400. The molecule has 0 aliphatic carbocycles. The quantitative estimate of drug-likeness (QED) is 0.576. The van der Waals surface area contributed by atoms with Gasteiger partial charge in [0.25, 0.3) is 0 Å². The lowest BCUT2D eigenvalue weighted by Gasteiger charge is -2.17. The van der Waals surface area contributed by atoms with Crippen molar-refractivity contribution >= 4 is 35.1 Å². The van der Waals surface area contributed by atoms with Gasteiger partial charge in [-0.1, -0.05) is 27.5 Å². The van der Waals surface area contributed by atoms with Crippen molar-refractivity contribution in [3.8, 4) is 5.75 Å². The number of rotatable bonds is 6. The molecule has 0 amide bonds. The molecule has 0 saturated carbocycles. The molecule has 1 aromatic carbocycles. The van der Waals surface area contributed by atoms with Gasteiger partial charge in [0.05, 0.1) is 12.8 Å². The summed E-state index contributed by atoms with van der Waals surface area (Å²) in [5.74, 6) is 0.502. The molecule has 0 fully saturated rings. The summed E-state index contributed by atoms with van der Waals surface area (Å²) in [5, 5.41) is 1.18. The minimum atomic E-state index is -3.05. The second kappa shape index (κ2) is 6.65. The molecule has 0 saturated heterocycles. The highest BCUT2D eigenvalue weighted by molar-refractivity contribution is 9.09. The van der Waals surface area contributed by atoms with Crippen LogP contribution in [0.15, 0.2) is 24.3 Å². The van der Waals surface area contributed by atoms with Crippen LogP contribution in [0.1, 0.15) is 6.92 Å². The number of hydrogen-bond donors (Lipinski definition) is 0. The smallest absolute Gasteiger partial charge is 0.380 e. The summed E-state index contributed by atoms with van der Waals surface area (Å²) in [6, 6.07) is 6.70. The zero-order valence-electron chi connectivity index (χ0n) is 8.86. The highest BCUT2D eigenvalue weighted by Crippen LogP contribution is 2.48. The van der Waals surface area contributed by atoms with Crippen molar-refractivity contribution < 1.29 is 13.6 Å². The Hall–Kier alpha value is -0.0200. The topological polar surface area (TPSA) is 35.5 Å². The van der Waals surface area contributed by atoms with Crippen LogP contribution in [0.5, 0.6) is 5.75 Å². The Labute approximate surface area is 109 Å². The average molecular weight is 328 g/mol. The maximum absolute atomic E-state index is 12.2. The summed E-state index contributed by atoms with van der Waals surface area (Å²) in [7, 11) is -3.05. The molecule has 0 aliphatic rings. The van der Waals surface area contributed by atoms with Crippen LogP contribution in [-0.4, -0.2) is 18.1 Å². The highest BCUT2D eigenvalue weighted by atomic mass is 79.9. The largest absolute Gasteiger partial charge is 0.424 e. The van der Waals surface area contributed by atoms with Crippen LogP contribution in [0, 0.1) is 0 Å². The van der Waals surface area contributed by atoms with Crippen LogP contribution in [-0.2, 0) is 9.09 Å². The maximum Gasteiger partial charge on any atom is 0.380 e. The van der Waals surface area contributed by atoms with Crippen LogP contribution in [0.4, 0.5) is 0 Å². The van der Waals surface area contributed by atoms with Gasteiger partial charge in [-0.2, -0.15) is 0 Å². The Morgan fingerprint density at radius 2 is 2.00 bits per heavy atom. The molecule has 6 heteroatoms. The van der Waals surface area contributed by atoms with Crippen molar-refractivity contribution in [1.82, 2.24) is 0 Å². The first-order chi connectivity index (χ1) is 7.59. The standard InChI is InChI=1S/C10H13BrClO3P/c1-2-14-16(13,8-7-11)15-10-5-3-9(12)4-6-10/h3-6H,2,7-8H2,1H3/t16-/m0/s1. The van der Waals surface area contributed by atoms with E-state index in [2.05, 4.69) is 15.9 Å². The number of benzene rings is 1. The van der Waals surface area contributed by atoms with E-state index in [-0.39, 0.29) is 0 Å². The molecular weight excluding hydrogens is 314 g/mol. The first-order valence-electron chi connectivity index (χ1n) is 4.84. The van der Waals surface area contributed by atoms with Crippen LogP contribution < -0.4 is 4.52 Å². The third kappa shape index (κ3) is 4.46. The Kier molecular flexibility index (Phi) is 5.84. The van der Waals surface area contributed by atoms with E-state index < -0.39 is 7.60 Å². The summed E-state index contributed by atoms with van der Waals surface area (Å²) in [6.45, 7) is 2.14. The van der Waals surface area contributed by atoms with Crippen LogP contribution in [0.25, 0.3) is 0 Å². The molecule has 0 heterocycles. The van der Waals surface area contributed by atoms with Crippen LogP contribution >= 0.6 is 35.1 Å². The molecule has 0 aliphatic heterocycles. The van der Waals surface area contributed by atoms with Gasteiger partial charge >= 0.3 is 7.60 Å². The van der Waals surface area contributed by atoms with Gasteiger partial charge in [0, 0.05) is 10.4 Å². The zero-order chi connectivity index (χ0) is 12.0. The molecular formula is C10H13BrClO3P. The zero-order valence-corrected chi connectivity index (χ0v) is 12.1. The van der Waals surface area contributed by atoms with Gasteiger partial charge < -0.3 is 9.05 Å². The normalized spacial score (nSPS) is 14.4. The Bertz CT molecular complexity index is 359. The third-order valence-corrected chi connectivity index (χ3v) is 4.92. The molecule has 0 bridgehead atoms. The summed E-state index contributed by atoms with van der Waals surface area (Å²) in [4.78, 5) is 0. The van der Waals surface area contributed by atoms with Gasteiger partial charge in [-0.15, -0.1) is 0 Å². The van der Waals surface area contributed by atoms with Crippen LogP contribution in [0.2, 0.25) is 5.02 Å². The molecule has 0 radical (unpaired) electrons. The molecule has 0 N–H and O–H groups in total. The molecule has 0 aromatic heterocycles. The Morgan fingerprint density at radius 1 is 1.38 bits per heavy atom. The summed E-state index contributed by atoms with van der Waals surface area (Å²) in [6.07, 6.45) is 0.337. The van der Waals surface area contributed by atoms with Crippen molar-refractivity contribution in [2.24, 2.45) is 0 Å². The van der Waals surface area contributed by atoms with E-state index in [9.17, 15) is 4.57 Å². The molecule has 3 nitrogen and oxygen atoms in total. The summed E-state index contributed by atoms with van der Waals surface area (Å²) in [5.41, 5.74) is 0. The maximum atomic E-state index is 12.2. The molecule has 0 unspecified atom stereocenters. The molecule has 90 valence electrons. The second-order valence-corrected chi connectivity index (χ2v) is 6.33. The van der Waals surface area contributed by atoms with Crippen molar-refractivity contribution in [2.75, 3.05) is 18.1 Å². The lowest BCUT2D eigenvalue weighted by molar-refractivity contribution is 0.280. The van der Waals surface area contributed by atoms with Crippen molar-refractivity contribution in [3.05, 3.63) is 29.3 Å². The number of alkyl halides is 1. The van der Waals surface area contributed by atoms with E-state index in [4.69, 9.17) is 20.6 Å². The third-order valence-electron chi connectivity index (χ3n) is 1.74. The van der Waals surface area contributed by atoms with Crippen molar-refractivity contribution in [2.45, 2.75) is 6.92 Å². The van der Waals surface area contributed by atoms with Gasteiger partial charge in [-0.05, 0) is 31.2 Å². The molecule has 1 aromatic rings. The van der Waals surface area contributed by atoms with E-state index >= 15 is 0 Å². The number of hydrogen-bond acceptors (Lipinski definition) is 3. The van der Waals surface area contributed by atoms with Crippen molar-refractivity contribution in [1.29, 1.82) is 0 Å². The van der Waals surface area contributed by atoms with E-state index in [1.165, 1.54) is 0 Å². The predicted octanol–water partition coefficient (Wildman–Crippen LogP) is 4.34. The van der Waals surface area contributed by atoms with E-state index in [1.54, 1.807) is 31.2 Å². The van der Waals surface area contributed by atoms with Gasteiger partial charge in [0.1, 0.15) is 5.75 Å². The van der Waals surface area contributed by atoms with Crippen LogP contribution in [0.3, 0.4) is 0 Å². The number of halogens is 2. The second-order valence-electron chi connectivity index (χ2n) is 2.99. The lowest BCUT2D eigenvalue weighted by Crippen LogP contribution is -2.03. The van der Waals surface area contributed by atoms with Gasteiger partial charge in [0.2, 0.25) is 0 Å². The highest BCUT2D eigenvalue weighted by Gasteiger charge is 2.24. The fourth-order valence-corrected chi connectivity index (χ4v) is 3.84. The average Bonchev–Trinajstić information content (AvgIpc) is 2.22. The van der Waals surface area contributed by atoms with E-state index in [1.807, 2.05) is 0 Å².